The van der Waals surface area contributed by atoms with E-state index in [9.17, 15) is 14.7 Å². The Balaban J connectivity index is 1.47. The second-order valence-corrected chi connectivity index (χ2v) is 9.18. The van der Waals surface area contributed by atoms with E-state index in [1.54, 1.807) is 11.0 Å². The fourth-order valence-corrected chi connectivity index (χ4v) is 4.68. The van der Waals surface area contributed by atoms with E-state index in [1.165, 1.54) is 0 Å². The standard InChI is InChI=1S/C29H28N2O5/c1-30(2)22-12-10-21(11-13-22)27-26(23(32)14-8-19-6-4-3-5-7-19)28(33)29(34)31(27)17-20-9-15-24-25(16-20)36-18-35-24/h3-7,9-13,15-16,27,33H,8,14,17-18H2,1-2H3. The van der Waals surface area contributed by atoms with E-state index < -0.39 is 17.7 Å². The highest BCUT2D eigenvalue weighted by Gasteiger charge is 2.43. The molecule has 0 bridgehead atoms. The smallest absolute Gasteiger partial charge is 0.290 e. The Morgan fingerprint density at radius 3 is 2.42 bits per heavy atom. The number of fused-ring (bicyclic) bond motifs is 1. The van der Waals surface area contributed by atoms with Crippen LogP contribution in [0.1, 0.15) is 29.2 Å². The lowest BCUT2D eigenvalue weighted by molar-refractivity contribution is -0.130. The quantitative estimate of drug-likeness (QED) is 0.504. The first-order valence-electron chi connectivity index (χ1n) is 11.9. The first-order valence-corrected chi connectivity index (χ1v) is 11.9. The number of ketones is 1. The zero-order valence-electron chi connectivity index (χ0n) is 20.3. The van der Waals surface area contributed by atoms with Crippen molar-refractivity contribution in [3.05, 3.63) is 101 Å². The van der Waals surface area contributed by atoms with E-state index in [0.717, 1.165) is 22.4 Å². The monoisotopic (exact) mass is 484 g/mol. The van der Waals surface area contributed by atoms with Gasteiger partial charge >= 0.3 is 0 Å². The molecule has 0 aromatic heterocycles. The van der Waals surface area contributed by atoms with Gasteiger partial charge in [-0.1, -0.05) is 48.5 Å². The number of nitrogens with zero attached hydrogens (tertiary/aromatic N) is 2. The number of aryl methyl sites for hydroxylation is 1. The lowest BCUT2D eigenvalue weighted by atomic mass is 9.93. The summed E-state index contributed by atoms with van der Waals surface area (Å²) < 4.78 is 10.9. The molecule has 0 spiro atoms. The first-order chi connectivity index (χ1) is 17.4. The molecule has 2 aliphatic heterocycles. The number of hydrogen-bond donors (Lipinski definition) is 1. The molecule has 3 aromatic carbocycles. The van der Waals surface area contributed by atoms with Gasteiger partial charge in [-0.2, -0.15) is 0 Å². The van der Waals surface area contributed by atoms with Crippen molar-refractivity contribution in [1.29, 1.82) is 0 Å². The third-order valence-electron chi connectivity index (χ3n) is 6.60. The summed E-state index contributed by atoms with van der Waals surface area (Å²) in [7, 11) is 3.90. The summed E-state index contributed by atoms with van der Waals surface area (Å²) in [5.74, 6) is -0.00470. The van der Waals surface area contributed by atoms with Crippen LogP contribution >= 0.6 is 0 Å². The second kappa shape index (κ2) is 9.77. The highest BCUT2D eigenvalue weighted by atomic mass is 16.7. The van der Waals surface area contributed by atoms with Crippen LogP contribution in [0.3, 0.4) is 0 Å². The van der Waals surface area contributed by atoms with Crippen molar-refractivity contribution in [2.45, 2.75) is 25.4 Å². The van der Waals surface area contributed by atoms with Gasteiger partial charge in [-0.25, -0.2) is 0 Å². The Morgan fingerprint density at radius 2 is 1.69 bits per heavy atom. The molecule has 36 heavy (non-hydrogen) atoms. The predicted molar refractivity (Wildman–Crippen MR) is 136 cm³/mol. The van der Waals surface area contributed by atoms with E-state index in [4.69, 9.17) is 9.47 Å². The van der Waals surface area contributed by atoms with E-state index in [-0.39, 0.29) is 31.1 Å². The molecule has 184 valence electrons. The van der Waals surface area contributed by atoms with Crippen molar-refractivity contribution in [2.75, 3.05) is 25.8 Å². The summed E-state index contributed by atoms with van der Waals surface area (Å²) >= 11 is 0. The van der Waals surface area contributed by atoms with Gasteiger partial charge in [0.25, 0.3) is 5.91 Å². The summed E-state index contributed by atoms with van der Waals surface area (Å²) in [6.45, 7) is 0.361. The topological polar surface area (TPSA) is 79.3 Å². The second-order valence-electron chi connectivity index (χ2n) is 9.18. The third kappa shape index (κ3) is 4.52. The van der Waals surface area contributed by atoms with Crippen LogP contribution in [0.4, 0.5) is 5.69 Å². The molecule has 0 saturated carbocycles. The van der Waals surface area contributed by atoms with E-state index in [1.807, 2.05) is 85.7 Å². The zero-order valence-corrected chi connectivity index (χ0v) is 20.3. The largest absolute Gasteiger partial charge is 0.503 e. The Morgan fingerprint density at radius 1 is 0.972 bits per heavy atom. The lowest BCUT2D eigenvalue weighted by Crippen LogP contribution is -2.30. The van der Waals surface area contributed by atoms with Gasteiger partial charge in [0.2, 0.25) is 6.79 Å². The molecule has 1 atom stereocenters. The van der Waals surface area contributed by atoms with Gasteiger partial charge in [-0.15, -0.1) is 0 Å². The number of aliphatic hydroxyl groups excluding tert-OH is 1. The molecule has 2 aliphatic rings. The molecular formula is C29H28N2O5. The first kappa shape index (κ1) is 23.5. The molecule has 0 saturated heterocycles. The van der Waals surface area contributed by atoms with Crippen molar-refractivity contribution < 1.29 is 24.2 Å². The van der Waals surface area contributed by atoms with Gasteiger partial charge in [0.1, 0.15) is 0 Å². The molecule has 1 unspecified atom stereocenters. The number of ether oxygens (including phenoxy) is 2. The van der Waals surface area contributed by atoms with E-state index in [2.05, 4.69) is 0 Å². The molecule has 1 amide bonds. The minimum absolute atomic E-state index is 0.147. The SMILES string of the molecule is CN(C)c1ccc(C2C(C(=O)CCc3ccccc3)=C(O)C(=O)N2Cc2ccc3c(c2)OCO3)cc1. The number of Topliss-reactive ketones (excluding diaryl/α,β-unsaturated/α-hetero) is 1. The Kier molecular flexibility index (Phi) is 6.38. The third-order valence-corrected chi connectivity index (χ3v) is 6.60. The summed E-state index contributed by atoms with van der Waals surface area (Å²) in [4.78, 5) is 30.3. The number of amides is 1. The molecule has 2 heterocycles. The fraction of sp³-hybridized carbons (Fsp3) is 0.241. The van der Waals surface area contributed by atoms with Crippen LogP contribution in [-0.2, 0) is 22.6 Å². The Hall–Kier alpha value is -4.26. The maximum Gasteiger partial charge on any atom is 0.290 e. The van der Waals surface area contributed by atoms with Crippen LogP contribution in [0, 0.1) is 0 Å². The Bertz CT molecular complexity index is 1320. The number of carbonyl (C=O) groups is 2. The maximum atomic E-state index is 13.4. The van der Waals surface area contributed by atoms with Gasteiger partial charge in [-0.3, -0.25) is 9.59 Å². The van der Waals surface area contributed by atoms with Gasteiger partial charge < -0.3 is 24.4 Å². The highest BCUT2D eigenvalue weighted by Crippen LogP contribution is 2.41. The van der Waals surface area contributed by atoms with Crippen molar-refractivity contribution in [3.8, 4) is 11.5 Å². The molecular weight excluding hydrogens is 456 g/mol. The van der Waals surface area contributed by atoms with Crippen molar-refractivity contribution in [2.24, 2.45) is 0 Å². The van der Waals surface area contributed by atoms with E-state index in [0.29, 0.717) is 17.9 Å². The highest BCUT2D eigenvalue weighted by molar-refractivity contribution is 6.09. The van der Waals surface area contributed by atoms with Crippen LogP contribution in [0.2, 0.25) is 0 Å². The summed E-state index contributed by atoms with van der Waals surface area (Å²) in [6.07, 6.45) is 0.722. The molecule has 1 N–H and O–H groups in total. The molecule has 5 rings (SSSR count). The maximum absolute atomic E-state index is 13.4. The normalized spacial score (nSPS) is 16.6. The number of aliphatic hydroxyl groups is 1. The van der Waals surface area contributed by atoms with E-state index >= 15 is 0 Å². The molecule has 0 radical (unpaired) electrons. The van der Waals surface area contributed by atoms with Gasteiger partial charge in [0.15, 0.2) is 23.0 Å². The molecule has 0 aliphatic carbocycles. The average Bonchev–Trinajstić information content (AvgIpc) is 3.46. The van der Waals surface area contributed by atoms with Crippen LogP contribution in [0.5, 0.6) is 11.5 Å². The number of anilines is 1. The number of benzene rings is 3. The minimum atomic E-state index is -0.692. The number of rotatable bonds is 8. The van der Waals surface area contributed by atoms with Crippen LogP contribution in [0.15, 0.2) is 84.1 Å². The van der Waals surface area contributed by atoms with Crippen LogP contribution < -0.4 is 14.4 Å². The fourth-order valence-electron chi connectivity index (χ4n) is 4.68. The molecule has 3 aromatic rings. The minimum Gasteiger partial charge on any atom is -0.503 e. The number of hydrogen-bond acceptors (Lipinski definition) is 6. The van der Waals surface area contributed by atoms with Crippen molar-refractivity contribution >= 4 is 17.4 Å². The van der Waals surface area contributed by atoms with Crippen molar-refractivity contribution in [1.82, 2.24) is 4.90 Å². The zero-order chi connectivity index (χ0) is 25.2. The van der Waals surface area contributed by atoms with Gasteiger partial charge in [0.05, 0.1) is 11.6 Å². The predicted octanol–water partition coefficient (Wildman–Crippen LogP) is 4.58. The summed E-state index contributed by atoms with van der Waals surface area (Å²) in [5.41, 5.74) is 3.75. The number of carbonyl (C=O) groups excluding carboxylic acids is 2. The lowest BCUT2D eigenvalue weighted by Gasteiger charge is -2.27. The Labute approximate surface area is 210 Å². The summed E-state index contributed by atoms with van der Waals surface area (Å²) in [5, 5.41) is 10.9. The van der Waals surface area contributed by atoms with Gasteiger partial charge in [0, 0.05) is 32.7 Å². The molecule has 0 fully saturated rings. The molecule has 7 heteroatoms. The molecule has 7 nitrogen and oxygen atoms in total. The average molecular weight is 485 g/mol. The van der Waals surface area contributed by atoms with Crippen LogP contribution in [0.25, 0.3) is 0 Å². The van der Waals surface area contributed by atoms with Gasteiger partial charge in [-0.05, 0) is 47.4 Å². The van der Waals surface area contributed by atoms with Crippen molar-refractivity contribution in [3.63, 3.8) is 0 Å². The summed E-state index contributed by atoms with van der Waals surface area (Å²) in [6, 6.07) is 22.2. The van der Waals surface area contributed by atoms with Crippen LogP contribution in [-0.4, -0.2) is 42.6 Å².